The van der Waals surface area contributed by atoms with Crippen molar-refractivity contribution in [2.75, 3.05) is 10.6 Å². The van der Waals surface area contributed by atoms with Gasteiger partial charge in [0.2, 0.25) is 0 Å². The number of hydrogen-bond acceptors (Lipinski definition) is 6. The molecule has 0 aliphatic heterocycles. The molecule has 3 aromatic carbocycles. The molecule has 6 rings (SSSR count). The highest BCUT2D eigenvalue weighted by Crippen LogP contribution is 2.35. The third-order valence-electron chi connectivity index (χ3n) is 6.79. The van der Waals surface area contributed by atoms with Gasteiger partial charge in [-0.1, -0.05) is 60.1 Å². The first-order chi connectivity index (χ1) is 19.9. The van der Waals surface area contributed by atoms with Crippen LogP contribution in [0.4, 0.5) is 11.5 Å². The van der Waals surface area contributed by atoms with E-state index in [1.165, 1.54) is 23.2 Å². The molecule has 41 heavy (non-hydrogen) atoms. The fraction of sp³-hybridized carbons (Fsp3) is 0.0645. The third kappa shape index (κ3) is 4.72. The molecular formula is C31H23ClN6O3. The molecule has 1 atom stereocenters. The second-order valence-electron chi connectivity index (χ2n) is 9.38. The molecule has 0 saturated carbocycles. The van der Waals surface area contributed by atoms with E-state index in [4.69, 9.17) is 11.6 Å². The van der Waals surface area contributed by atoms with Crippen LogP contribution in [-0.2, 0) is 0 Å². The summed E-state index contributed by atoms with van der Waals surface area (Å²) in [5.74, 6) is -0.0451. The summed E-state index contributed by atoms with van der Waals surface area (Å²) in [6.45, 7) is 1.83. The topological polar surface area (TPSA) is 122 Å². The quantitative estimate of drug-likeness (QED) is 0.239. The zero-order chi connectivity index (χ0) is 28.5. The first kappa shape index (κ1) is 26.0. The first-order valence-corrected chi connectivity index (χ1v) is 13.2. The van der Waals surface area contributed by atoms with Gasteiger partial charge in [0.15, 0.2) is 5.43 Å². The van der Waals surface area contributed by atoms with Gasteiger partial charge in [0.1, 0.15) is 23.2 Å². The molecule has 0 bridgehead atoms. The van der Waals surface area contributed by atoms with Crippen LogP contribution in [0.25, 0.3) is 27.5 Å². The number of aromatic amines is 1. The van der Waals surface area contributed by atoms with E-state index in [0.29, 0.717) is 49.9 Å². The third-order valence-corrected chi connectivity index (χ3v) is 7.19. The number of hydrogen-bond donors (Lipinski definition) is 3. The van der Waals surface area contributed by atoms with Crippen molar-refractivity contribution in [1.82, 2.24) is 19.5 Å². The number of carbonyl (C=O) groups is 1. The molecule has 0 radical (unpaired) electrons. The highest BCUT2D eigenvalue weighted by molar-refractivity contribution is 6.36. The molecule has 3 aromatic heterocycles. The number of H-pyrrole nitrogens is 1. The van der Waals surface area contributed by atoms with Crippen molar-refractivity contribution in [2.24, 2.45) is 0 Å². The number of rotatable bonds is 6. The molecule has 0 aliphatic carbocycles. The summed E-state index contributed by atoms with van der Waals surface area (Å²) >= 11 is 7.09. The monoisotopic (exact) mass is 562 g/mol. The van der Waals surface area contributed by atoms with Gasteiger partial charge in [-0.25, -0.2) is 9.97 Å². The molecule has 1 unspecified atom stereocenters. The van der Waals surface area contributed by atoms with Crippen molar-refractivity contribution in [3.05, 3.63) is 134 Å². The van der Waals surface area contributed by atoms with Crippen molar-refractivity contribution in [1.29, 1.82) is 0 Å². The SMILES string of the molecule is CC(Nc1ncnc2[nH]ccc(=O)c12)c1c(Cl)c2cccc(NC(=O)c3ccccc3)c2c(=O)n1-c1ccccc1. The predicted molar refractivity (Wildman–Crippen MR) is 161 cm³/mol. The molecule has 10 heteroatoms. The molecule has 0 fully saturated rings. The molecular weight excluding hydrogens is 540 g/mol. The average Bonchev–Trinajstić information content (AvgIpc) is 2.99. The van der Waals surface area contributed by atoms with E-state index in [1.54, 1.807) is 54.6 Å². The molecule has 202 valence electrons. The van der Waals surface area contributed by atoms with Crippen LogP contribution in [0, 0.1) is 0 Å². The lowest BCUT2D eigenvalue weighted by atomic mass is 10.0. The van der Waals surface area contributed by atoms with Gasteiger partial charge in [0.25, 0.3) is 11.5 Å². The number of nitrogens with zero attached hydrogens (tertiary/aromatic N) is 3. The Morgan fingerprint density at radius 3 is 2.39 bits per heavy atom. The number of nitrogens with one attached hydrogen (secondary N) is 3. The van der Waals surface area contributed by atoms with E-state index in [1.807, 2.05) is 31.2 Å². The van der Waals surface area contributed by atoms with Gasteiger partial charge in [-0.05, 0) is 37.3 Å². The van der Waals surface area contributed by atoms with Crippen LogP contribution >= 0.6 is 11.6 Å². The standard InChI is InChI=1S/C31H23ClN6O3/c1-18(36-29-25-23(39)15-16-33-28(25)34-17-35-29)27-26(32)21-13-8-14-22(37-30(40)19-9-4-2-5-10-19)24(21)31(41)38(27)20-11-6-3-7-12-20/h2-18H,1H3,(H,37,40)(H2,33,34,35,36,39). The van der Waals surface area contributed by atoms with Crippen LogP contribution in [0.3, 0.4) is 0 Å². The Morgan fingerprint density at radius 1 is 0.902 bits per heavy atom. The Bertz CT molecular complexity index is 2040. The lowest BCUT2D eigenvalue weighted by molar-refractivity contribution is 0.102. The van der Waals surface area contributed by atoms with E-state index >= 15 is 0 Å². The highest BCUT2D eigenvalue weighted by atomic mass is 35.5. The number of anilines is 2. The number of aromatic nitrogens is 4. The zero-order valence-electron chi connectivity index (χ0n) is 21.8. The van der Waals surface area contributed by atoms with Gasteiger partial charge < -0.3 is 15.6 Å². The van der Waals surface area contributed by atoms with Gasteiger partial charge in [-0.3, -0.25) is 19.0 Å². The van der Waals surface area contributed by atoms with Crippen molar-refractivity contribution >= 4 is 50.8 Å². The van der Waals surface area contributed by atoms with E-state index in [-0.39, 0.29) is 22.3 Å². The Morgan fingerprint density at radius 2 is 1.63 bits per heavy atom. The zero-order valence-corrected chi connectivity index (χ0v) is 22.5. The number of amides is 1. The van der Waals surface area contributed by atoms with E-state index in [9.17, 15) is 14.4 Å². The number of pyridine rings is 2. The maximum atomic E-state index is 14.3. The lowest BCUT2D eigenvalue weighted by Gasteiger charge is -2.24. The molecule has 1 amide bonds. The van der Waals surface area contributed by atoms with Crippen molar-refractivity contribution < 1.29 is 4.79 Å². The van der Waals surface area contributed by atoms with Crippen LogP contribution in [0.2, 0.25) is 5.02 Å². The molecule has 3 N–H and O–H groups in total. The summed E-state index contributed by atoms with van der Waals surface area (Å²) in [6, 6.07) is 23.8. The maximum absolute atomic E-state index is 14.3. The average molecular weight is 563 g/mol. The molecule has 9 nitrogen and oxygen atoms in total. The van der Waals surface area contributed by atoms with Crippen molar-refractivity contribution in [3.8, 4) is 5.69 Å². The summed E-state index contributed by atoms with van der Waals surface area (Å²) < 4.78 is 1.52. The minimum absolute atomic E-state index is 0.252. The molecule has 0 aliphatic rings. The summed E-state index contributed by atoms with van der Waals surface area (Å²) in [4.78, 5) is 51.4. The van der Waals surface area contributed by atoms with E-state index in [0.717, 1.165) is 0 Å². The minimum atomic E-state index is -0.583. The Kier molecular flexibility index (Phi) is 6.78. The smallest absolute Gasteiger partial charge is 0.265 e. The normalized spacial score (nSPS) is 11.9. The van der Waals surface area contributed by atoms with Crippen LogP contribution in [0.1, 0.15) is 29.0 Å². The number of para-hydroxylation sites is 1. The van der Waals surface area contributed by atoms with Gasteiger partial charge in [0.05, 0.1) is 27.8 Å². The molecule has 0 saturated heterocycles. The van der Waals surface area contributed by atoms with E-state index < -0.39 is 6.04 Å². The highest BCUT2D eigenvalue weighted by Gasteiger charge is 2.24. The largest absolute Gasteiger partial charge is 0.361 e. The van der Waals surface area contributed by atoms with E-state index in [2.05, 4.69) is 25.6 Å². The van der Waals surface area contributed by atoms with Gasteiger partial charge in [0, 0.05) is 28.9 Å². The van der Waals surface area contributed by atoms with Crippen LogP contribution in [-0.4, -0.2) is 25.4 Å². The Hall–Kier alpha value is -5.28. The minimum Gasteiger partial charge on any atom is -0.361 e. The fourth-order valence-electron chi connectivity index (χ4n) is 4.92. The summed E-state index contributed by atoms with van der Waals surface area (Å²) in [5, 5.41) is 7.50. The maximum Gasteiger partial charge on any atom is 0.265 e. The number of benzene rings is 3. The van der Waals surface area contributed by atoms with Gasteiger partial charge >= 0.3 is 0 Å². The molecule has 0 spiro atoms. The first-order valence-electron chi connectivity index (χ1n) is 12.8. The Labute approximate surface area is 238 Å². The number of carbonyl (C=O) groups excluding carboxylic acids is 1. The second kappa shape index (κ2) is 10.7. The lowest BCUT2D eigenvalue weighted by Crippen LogP contribution is -2.27. The summed E-state index contributed by atoms with van der Waals surface area (Å²) in [7, 11) is 0. The number of fused-ring (bicyclic) bond motifs is 2. The van der Waals surface area contributed by atoms with Gasteiger partial charge in [-0.15, -0.1) is 0 Å². The summed E-state index contributed by atoms with van der Waals surface area (Å²) in [5.41, 5.74) is 1.60. The van der Waals surface area contributed by atoms with Crippen LogP contribution < -0.4 is 21.6 Å². The van der Waals surface area contributed by atoms with Crippen LogP contribution in [0.15, 0.2) is 107 Å². The molecule has 6 aromatic rings. The number of halogens is 1. The predicted octanol–water partition coefficient (Wildman–Crippen LogP) is 5.70. The van der Waals surface area contributed by atoms with Crippen LogP contribution in [0.5, 0.6) is 0 Å². The Balaban J connectivity index is 1.54. The van der Waals surface area contributed by atoms with Gasteiger partial charge in [-0.2, -0.15) is 0 Å². The second-order valence-corrected chi connectivity index (χ2v) is 9.76. The summed E-state index contributed by atoms with van der Waals surface area (Å²) in [6.07, 6.45) is 2.87. The molecule has 3 heterocycles. The van der Waals surface area contributed by atoms with Crippen molar-refractivity contribution in [2.45, 2.75) is 13.0 Å². The van der Waals surface area contributed by atoms with Crippen molar-refractivity contribution in [3.63, 3.8) is 0 Å². The fourth-order valence-corrected chi connectivity index (χ4v) is 5.32.